The number of nitrogens with zero attached hydrogens (tertiary/aromatic N) is 5. The van der Waals surface area contributed by atoms with Gasteiger partial charge in [-0.25, -0.2) is 9.97 Å². The van der Waals surface area contributed by atoms with Crippen LogP contribution in [0, 0.1) is 0 Å². The Bertz CT molecular complexity index is 1350. The smallest absolute Gasteiger partial charge is 0.225 e. The summed E-state index contributed by atoms with van der Waals surface area (Å²) in [5.74, 6) is 1.79. The average Bonchev–Trinajstić information content (AvgIpc) is 3.24. The number of anilines is 1. The van der Waals surface area contributed by atoms with E-state index in [1.165, 1.54) is 0 Å². The lowest BCUT2D eigenvalue weighted by Crippen LogP contribution is -2.67. The third kappa shape index (κ3) is 4.35. The molecule has 0 saturated carbocycles. The summed E-state index contributed by atoms with van der Waals surface area (Å²) in [6.45, 7) is 5.77. The fraction of sp³-hybridized carbons (Fsp3) is 0.333. The van der Waals surface area contributed by atoms with Gasteiger partial charge in [-0.1, -0.05) is 23.2 Å². The summed E-state index contributed by atoms with van der Waals surface area (Å²) in [5, 5.41) is 12.6. The van der Waals surface area contributed by atoms with Crippen molar-refractivity contribution >= 4 is 40.1 Å². The van der Waals surface area contributed by atoms with Gasteiger partial charge in [0, 0.05) is 60.5 Å². The van der Waals surface area contributed by atoms with E-state index in [0.717, 1.165) is 35.2 Å². The molecular formula is C24H25Cl2N7O2. The molecule has 2 N–H and O–H groups in total. The van der Waals surface area contributed by atoms with Gasteiger partial charge in [0.2, 0.25) is 5.95 Å². The van der Waals surface area contributed by atoms with Crippen molar-refractivity contribution in [1.82, 2.24) is 30.5 Å². The molecule has 0 amide bonds. The molecule has 0 bridgehead atoms. The second-order valence-corrected chi connectivity index (χ2v) is 9.65. The number of fused-ring (bicyclic) bond motifs is 1. The minimum Gasteiger partial charge on any atom is -0.493 e. The van der Waals surface area contributed by atoms with E-state index < -0.39 is 6.10 Å². The van der Waals surface area contributed by atoms with Crippen LogP contribution in [0.1, 0.15) is 25.5 Å². The van der Waals surface area contributed by atoms with Gasteiger partial charge >= 0.3 is 0 Å². The summed E-state index contributed by atoms with van der Waals surface area (Å²) in [6, 6.07) is 3.73. The molecule has 35 heavy (non-hydrogen) atoms. The Kier molecular flexibility index (Phi) is 6.16. The summed E-state index contributed by atoms with van der Waals surface area (Å²) in [7, 11) is 3.56. The molecule has 1 saturated heterocycles. The van der Waals surface area contributed by atoms with Crippen molar-refractivity contribution in [2.75, 3.05) is 32.1 Å². The molecule has 0 aliphatic carbocycles. The highest BCUT2D eigenvalue weighted by atomic mass is 35.5. The maximum atomic E-state index is 6.33. The number of halogens is 2. The number of hydrogen-bond donors (Lipinski definition) is 2. The Labute approximate surface area is 212 Å². The molecule has 11 heteroatoms. The molecule has 0 radical (unpaired) electrons. The number of hydrogen-bond acceptors (Lipinski definition) is 8. The van der Waals surface area contributed by atoms with Crippen LogP contribution in [0.5, 0.6) is 11.5 Å². The topological polar surface area (TPSA) is 101 Å². The monoisotopic (exact) mass is 513 g/mol. The fourth-order valence-corrected chi connectivity index (χ4v) is 4.93. The number of rotatable bonds is 7. The number of nitrogens with one attached hydrogen (secondary N) is 2. The van der Waals surface area contributed by atoms with Crippen LogP contribution in [0.25, 0.3) is 22.2 Å². The van der Waals surface area contributed by atoms with Gasteiger partial charge in [0.1, 0.15) is 11.8 Å². The average molecular weight is 514 g/mol. The molecule has 0 unspecified atom stereocenters. The lowest BCUT2D eigenvalue weighted by molar-refractivity contribution is 0.216. The van der Waals surface area contributed by atoms with Crippen molar-refractivity contribution in [3.63, 3.8) is 0 Å². The lowest BCUT2D eigenvalue weighted by Gasteiger charge is -2.47. The summed E-state index contributed by atoms with van der Waals surface area (Å²) in [5.41, 5.74) is 3.06. The molecule has 1 aliphatic heterocycles. The Morgan fingerprint density at radius 3 is 2.40 bits per heavy atom. The van der Waals surface area contributed by atoms with Gasteiger partial charge in [0.25, 0.3) is 0 Å². The number of likely N-dealkylation sites (N-methyl/N-ethyl adjacent to an activating group) is 1. The predicted octanol–water partition coefficient (Wildman–Crippen LogP) is 4.67. The highest BCUT2D eigenvalue weighted by Gasteiger charge is 2.38. The number of benzene rings is 1. The van der Waals surface area contributed by atoms with Crippen LogP contribution in [0.2, 0.25) is 10.0 Å². The van der Waals surface area contributed by atoms with Crippen molar-refractivity contribution in [3.05, 3.63) is 52.5 Å². The van der Waals surface area contributed by atoms with Crippen molar-refractivity contribution in [1.29, 1.82) is 0 Å². The maximum absolute atomic E-state index is 6.33. The zero-order valence-electron chi connectivity index (χ0n) is 19.8. The van der Waals surface area contributed by atoms with E-state index in [9.17, 15) is 0 Å². The van der Waals surface area contributed by atoms with Crippen LogP contribution < -0.4 is 19.7 Å². The highest BCUT2D eigenvalue weighted by molar-refractivity contribution is 6.35. The van der Waals surface area contributed by atoms with Crippen LogP contribution in [0.15, 0.2) is 36.9 Å². The first-order chi connectivity index (χ1) is 16.8. The van der Waals surface area contributed by atoms with E-state index in [2.05, 4.69) is 42.3 Å². The van der Waals surface area contributed by atoms with E-state index in [-0.39, 0.29) is 5.54 Å². The fourth-order valence-electron chi connectivity index (χ4n) is 4.26. The highest BCUT2D eigenvalue weighted by Crippen LogP contribution is 2.40. The van der Waals surface area contributed by atoms with Gasteiger partial charge in [-0.15, -0.1) is 0 Å². The van der Waals surface area contributed by atoms with E-state index in [4.69, 9.17) is 32.7 Å². The van der Waals surface area contributed by atoms with Gasteiger partial charge < -0.3 is 19.7 Å². The van der Waals surface area contributed by atoms with Crippen LogP contribution in [-0.4, -0.2) is 57.9 Å². The molecule has 182 valence electrons. The largest absolute Gasteiger partial charge is 0.493 e. The third-order valence-electron chi connectivity index (χ3n) is 6.33. The number of H-pyrrole nitrogens is 1. The molecule has 3 aromatic heterocycles. The minimum absolute atomic E-state index is 0.0950. The van der Waals surface area contributed by atoms with Gasteiger partial charge in [0.15, 0.2) is 11.5 Å². The summed E-state index contributed by atoms with van der Waals surface area (Å²) in [4.78, 5) is 15.3. The molecular weight excluding hydrogens is 489 g/mol. The zero-order valence-corrected chi connectivity index (χ0v) is 21.3. The third-order valence-corrected chi connectivity index (χ3v) is 6.93. The van der Waals surface area contributed by atoms with E-state index in [1.54, 1.807) is 31.9 Å². The second-order valence-electron chi connectivity index (χ2n) is 8.84. The first-order valence-corrected chi connectivity index (χ1v) is 11.9. The predicted molar refractivity (Wildman–Crippen MR) is 137 cm³/mol. The van der Waals surface area contributed by atoms with Crippen LogP contribution in [0.4, 0.5) is 5.95 Å². The molecule has 9 nitrogen and oxygen atoms in total. The first kappa shape index (κ1) is 23.6. The Morgan fingerprint density at radius 2 is 1.77 bits per heavy atom. The van der Waals surface area contributed by atoms with E-state index in [0.29, 0.717) is 33.1 Å². The van der Waals surface area contributed by atoms with Gasteiger partial charge in [-0.05, 0) is 27.0 Å². The maximum Gasteiger partial charge on any atom is 0.225 e. The quantitative estimate of drug-likeness (QED) is 0.367. The van der Waals surface area contributed by atoms with Crippen LogP contribution in [0.3, 0.4) is 0 Å². The molecule has 1 atom stereocenters. The number of pyridine rings is 1. The Morgan fingerprint density at radius 1 is 1.09 bits per heavy atom. The van der Waals surface area contributed by atoms with E-state index in [1.807, 2.05) is 26.1 Å². The van der Waals surface area contributed by atoms with Crippen molar-refractivity contribution in [2.45, 2.75) is 25.5 Å². The molecule has 0 spiro atoms. The Hall–Kier alpha value is -3.14. The number of aromatic nitrogens is 5. The van der Waals surface area contributed by atoms with Crippen LogP contribution in [-0.2, 0) is 0 Å². The standard InChI is InChI=1S/C24H25Cl2N7O2/c1-13(21-16(25)9-28-10-17(21)26)35-20-5-15-18(6-19(20)34-4)31-32-22(15)14-7-29-23(30-8-14)33-11-24(2,12-33)27-3/h5-10,13,27H,11-12H2,1-4H3,(H,31,32)/t13-/m1/s1. The van der Waals surface area contributed by atoms with Crippen molar-refractivity contribution in [2.24, 2.45) is 0 Å². The Balaban J connectivity index is 1.45. The van der Waals surface area contributed by atoms with Crippen molar-refractivity contribution in [3.8, 4) is 22.8 Å². The minimum atomic E-state index is -0.442. The summed E-state index contributed by atoms with van der Waals surface area (Å²) >= 11 is 12.7. The van der Waals surface area contributed by atoms with E-state index >= 15 is 0 Å². The first-order valence-electron chi connectivity index (χ1n) is 11.1. The number of ether oxygens (including phenoxy) is 2. The van der Waals surface area contributed by atoms with Gasteiger partial charge in [0.05, 0.1) is 28.2 Å². The number of aromatic amines is 1. The zero-order chi connectivity index (χ0) is 24.7. The summed E-state index contributed by atoms with van der Waals surface area (Å²) in [6.07, 6.45) is 6.22. The SMILES string of the molecule is CNC1(C)CN(c2ncc(-c3n[nH]c4cc(OC)c(O[C@H](C)c5c(Cl)cncc5Cl)cc34)cn2)C1. The van der Waals surface area contributed by atoms with Gasteiger partial charge in [-0.2, -0.15) is 5.10 Å². The molecule has 1 aromatic carbocycles. The summed E-state index contributed by atoms with van der Waals surface area (Å²) < 4.78 is 11.8. The normalized spacial score (nSPS) is 15.7. The molecule has 4 heterocycles. The van der Waals surface area contributed by atoms with Gasteiger partial charge in [-0.3, -0.25) is 10.1 Å². The second kappa shape index (κ2) is 9.14. The molecule has 4 aromatic rings. The molecule has 1 aliphatic rings. The van der Waals surface area contributed by atoms with Crippen molar-refractivity contribution < 1.29 is 9.47 Å². The lowest BCUT2D eigenvalue weighted by atomic mass is 9.93. The molecule has 5 rings (SSSR count). The number of methoxy groups -OCH3 is 1. The molecule has 1 fully saturated rings. The van der Waals surface area contributed by atoms with Crippen LogP contribution >= 0.6 is 23.2 Å².